The first-order chi connectivity index (χ1) is 12.0. The predicted octanol–water partition coefficient (Wildman–Crippen LogP) is 0.683. The minimum absolute atomic E-state index is 0.101. The summed E-state index contributed by atoms with van der Waals surface area (Å²) >= 11 is 0. The first-order valence-electron chi connectivity index (χ1n) is 8.93. The minimum Gasteiger partial charge on any atom is -0.366 e. The quantitative estimate of drug-likeness (QED) is 0.798. The fourth-order valence-corrected chi connectivity index (χ4v) is 3.78. The Bertz CT molecular complexity index is 640. The second kappa shape index (κ2) is 6.60. The van der Waals surface area contributed by atoms with E-state index in [9.17, 15) is 13.6 Å². The van der Waals surface area contributed by atoms with Gasteiger partial charge in [-0.3, -0.25) is 9.69 Å². The largest absolute Gasteiger partial charge is 0.366 e. The molecule has 2 fully saturated rings. The van der Waals surface area contributed by atoms with Crippen LogP contribution in [0.5, 0.6) is 0 Å². The zero-order chi connectivity index (χ0) is 17.4. The number of hydrogen-bond acceptors (Lipinski definition) is 5. The van der Waals surface area contributed by atoms with Crippen LogP contribution < -0.4 is 0 Å². The topological polar surface area (TPSA) is 63.5 Å². The van der Waals surface area contributed by atoms with Crippen LogP contribution >= 0.6 is 0 Å². The molecule has 4 rings (SSSR count). The Morgan fingerprint density at radius 3 is 2.80 bits per heavy atom. The van der Waals surface area contributed by atoms with Gasteiger partial charge in [0.05, 0.1) is 13.2 Å². The van der Waals surface area contributed by atoms with Gasteiger partial charge in [0.25, 0.3) is 11.8 Å². The van der Waals surface area contributed by atoms with Crippen molar-refractivity contribution in [2.45, 2.75) is 50.8 Å². The van der Waals surface area contributed by atoms with Crippen LogP contribution in [0.1, 0.15) is 30.9 Å². The summed E-state index contributed by atoms with van der Waals surface area (Å²) in [6.45, 7) is 3.44. The van der Waals surface area contributed by atoms with Crippen molar-refractivity contribution in [1.82, 2.24) is 24.6 Å². The minimum atomic E-state index is -2.65. The molecule has 138 valence electrons. The van der Waals surface area contributed by atoms with Crippen molar-refractivity contribution < 1.29 is 18.3 Å². The van der Waals surface area contributed by atoms with Gasteiger partial charge in [-0.05, 0) is 6.42 Å². The lowest BCUT2D eigenvalue weighted by molar-refractivity contribution is -0.155. The second-order valence-corrected chi connectivity index (χ2v) is 7.06. The number of morpholine rings is 1. The van der Waals surface area contributed by atoms with E-state index in [2.05, 4.69) is 19.7 Å². The summed E-state index contributed by atoms with van der Waals surface area (Å²) in [6.07, 6.45) is 0.960. The molecule has 0 aromatic carbocycles. The summed E-state index contributed by atoms with van der Waals surface area (Å²) < 4.78 is 34.3. The molecule has 7 nitrogen and oxygen atoms in total. The molecule has 25 heavy (non-hydrogen) atoms. The van der Waals surface area contributed by atoms with Gasteiger partial charge in [-0.2, -0.15) is 0 Å². The Morgan fingerprint density at radius 1 is 1.20 bits per heavy atom. The van der Waals surface area contributed by atoms with Crippen molar-refractivity contribution in [1.29, 1.82) is 0 Å². The van der Waals surface area contributed by atoms with E-state index < -0.39 is 12.0 Å². The van der Waals surface area contributed by atoms with Crippen LogP contribution in [0.4, 0.5) is 8.78 Å². The van der Waals surface area contributed by atoms with Crippen molar-refractivity contribution in [3.63, 3.8) is 0 Å². The fraction of sp³-hybridized carbons (Fsp3) is 0.812. The molecule has 0 bridgehead atoms. The number of carbonyl (C=O) groups excluding carboxylic acids is 1. The van der Waals surface area contributed by atoms with E-state index in [1.54, 1.807) is 0 Å². The van der Waals surface area contributed by atoms with Crippen LogP contribution in [0.25, 0.3) is 0 Å². The van der Waals surface area contributed by atoms with E-state index in [4.69, 9.17) is 4.74 Å². The van der Waals surface area contributed by atoms with Crippen molar-refractivity contribution in [2.24, 2.45) is 0 Å². The summed E-state index contributed by atoms with van der Waals surface area (Å²) in [6, 6.07) is 0. The van der Waals surface area contributed by atoms with E-state index in [1.165, 1.54) is 4.90 Å². The van der Waals surface area contributed by atoms with Crippen molar-refractivity contribution in [3.8, 4) is 0 Å². The molecule has 0 N–H and O–H groups in total. The Hall–Kier alpha value is -1.61. The molecule has 1 aromatic heterocycles. The normalized spacial score (nSPS) is 26.6. The lowest BCUT2D eigenvalue weighted by Crippen LogP contribution is -2.53. The maximum atomic E-state index is 13.3. The molecular weight excluding hydrogens is 332 g/mol. The van der Waals surface area contributed by atoms with Crippen LogP contribution in [0.3, 0.4) is 0 Å². The third kappa shape index (κ3) is 3.52. The molecule has 1 atom stereocenters. The van der Waals surface area contributed by atoms with Crippen molar-refractivity contribution in [3.05, 3.63) is 11.6 Å². The van der Waals surface area contributed by atoms with Crippen LogP contribution in [0.2, 0.25) is 0 Å². The third-order valence-electron chi connectivity index (χ3n) is 5.28. The molecule has 9 heteroatoms. The molecule has 0 aliphatic carbocycles. The van der Waals surface area contributed by atoms with Crippen LogP contribution in [0.15, 0.2) is 0 Å². The van der Waals surface area contributed by atoms with Gasteiger partial charge in [0.15, 0.2) is 0 Å². The number of nitrogens with zero attached hydrogens (tertiary/aromatic N) is 5. The standard InChI is InChI=1S/C16H23F2N5O2/c17-16(18)3-6-22(7-4-16)15(24)12-10-21(8-9-25-12)11-14-20-19-13-2-1-5-23(13)14/h12H,1-11H2. The number of aromatic nitrogens is 3. The SMILES string of the molecule is O=C(C1CN(Cc2nnc3n2CCC3)CCO1)N1CCC(F)(F)CC1. The maximum Gasteiger partial charge on any atom is 0.253 e. The highest BCUT2D eigenvalue weighted by atomic mass is 19.3. The average molecular weight is 355 g/mol. The van der Waals surface area contributed by atoms with Crippen LogP contribution in [-0.4, -0.2) is 75.3 Å². The molecule has 3 aliphatic heterocycles. The number of carbonyl (C=O) groups is 1. The fourth-order valence-electron chi connectivity index (χ4n) is 3.78. The molecule has 2 saturated heterocycles. The molecule has 0 saturated carbocycles. The Kier molecular flexibility index (Phi) is 4.45. The van der Waals surface area contributed by atoms with Gasteiger partial charge in [0.2, 0.25) is 0 Å². The number of rotatable bonds is 3. The van der Waals surface area contributed by atoms with Gasteiger partial charge >= 0.3 is 0 Å². The molecule has 3 aliphatic rings. The number of halogens is 2. The van der Waals surface area contributed by atoms with Crippen molar-refractivity contribution >= 4 is 5.91 Å². The zero-order valence-electron chi connectivity index (χ0n) is 14.2. The number of likely N-dealkylation sites (tertiary alicyclic amines) is 1. The molecule has 1 unspecified atom stereocenters. The third-order valence-corrected chi connectivity index (χ3v) is 5.28. The summed E-state index contributed by atoms with van der Waals surface area (Å²) in [5.74, 6) is -0.861. The number of piperidine rings is 1. The van der Waals surface area contributed by atoms with Crippen molar-refractivity contribution in [2.75, 3.05) is 32.8 Å². The molecule has 0 radical (unpaired) electrons. The highest BCUT2D eigenvalue weighted by Gasteiger charge is 2.38. The number of ether oxygens (including phenoxy) is 1. The number of amides is 1. The highest BCUT2D eigenvalue weighted by molar-refractivity contribution is 5.81. The Labute approximate surface area is 144 Å². The summed E-state index contributed by atoms with van der Waals surface area (Å²) in [5, 5.41) is 8.47. The van der Waals surface area contributed by atoms with Gasteiger partial charge in [0.1, 0.15) is 17.8 Å². The zero-order valence-corrected chi connectivity index (χ0v) is 14.2. The van der Waals surface area contributed by atoms with E-state index in [0.717, 1.165) is 37.6 Å². The van der Waals surface area contributed by atoms with Crippen LogP contribution in [-0.2, 0) is 29.0 Å². The lowest BCUT2D eigenvalue weighted by Gasteiger charge is -2.37. The van der Waals surface area contributed by atoms with Crippen LogP contribution in [0, 0.1) is 0 Å². The maximum absolute atomic E-state index is 13.3. The van der Waals surface area contributed by atoms with Gasteiger partial charge in [-0.15, -0.1) is 10.2 Å². The van der Waals surface area contributed by atoms with E-state index in [1.807, 2.05) is 0 Å². The summed E-state index contributed by atoms with van der Waals surface area (Å²) in [4.78, 5) is 16.2. The number of fused-ring (bicyclic) bond motifs is 1. The number of alkyl halides is 2. The second-order valence-electron chi connectivity index (χ2n) is 7.06. The van der Waals surface area contributed by atoms with Gasteiger partial charge < -0.3 is 14.2 Å². The Morgan fingerprint density at radius 2 is 2.00 bits per heavy atom. The smallest absolute Gasteiger partial charge is 0.253 e. The first-order valence-corrected chi connectivity index (χ1v) is 8.93. The van der Waals surface area contributed by atoms with Gasteiger partial charge in [0, 0.05) is 52.0 Å². The Balaban J connectivity index is 1.35. The number of aryl methyl sites for hydroxylation is 1. The molecule has 4 heterocycles. The molecule has 0 spiro atoms. The average Bonchev–Trinajstić information content (AvgIpc) is 3.20. The number of hydrogen-bond donors (Lipinski definition) is 0. The van der Waals surface area contributed by atoms with Gasteiger partial charge in [-0.25, -0.2) is 8.78 Å². The predicted molar refractivity (Wildman–Crippen MR) is 84.1 cm³/mol. The molecular formula is C16H23F2N5O2. The molecule has 1 amide bonds. The highest BCUT2D eigenvalue weighted by Crippen LogP contribution is 2.28. The van der Waals surface area contributed by atoms with E-state index >= 15 is 0 Å². The van der Waals surface area contributed by atoms with Gasteiger partial charge in [-0.1, -0.05) is 0 Å². The van der Waals surface area contributed by atoms with E-state index in [0.29, 0.717) is 19.7 Å². The summed E-state index contributed by atoms with van der Waals surface area (Å²) in [7, 11) is 0. The first kappa shape index (κ1) is 16.8. The van der Waals surface area contributed by atoms with E-state index in [-0.39, 0.29) is 31.8 Å². The summed E-state index contributed by atoms with van der Waals surface area (Å²) in [5.41, 5.74) is 0. The monoisotopic (exact) mass is 355 g/mol. The lowest BCUT2D eigenvalue weighted by atomic mass is 10.1. The molecule has 1 aromatic rings.